The van der Waals surface area contributed by atoms with E-state index < -0.39 is 21.2 Å². The molecule has 0 unspecified atom stereocenters. The molecule has 6 rings (SSSR count). The zero-order valence-electron chi connectivity index (χ0n) is 30.8. The molecule has 2 aliphatic heterocycles. The Bertz CT molecular complexity index is 1920. The van der Waals surface area contributed by atoms with Crippen LogP contribution >= 0.6 is 0 Å². The van der Waals surface area contributed by atoms with Gasteiger partial charge in [-0.15, -0.1) is 0 Å². The Kier molecular flexibility index (Phi) is 10.4. The summed E-state index contributed by atoms with van der Waals surface area (Å²) in [4.78, 5) is 36.8. The van der Waals surface area contributed by atoms with Gasteiger partial charge in [0.15, 0.2) is 11.4 Å². The van der Waals surface area contributed by atoms with Gasteiger partial charge in [0.1, 0.15) is 22.9 Å². The van der Waals surface area contributed by atoms with Crippen LogP contribution in [0, 0.1) is 19.8 Å². The molecule has 12 heteroatoms. The first-order chi connectivity index (χ1) is 24.2. The van der Waals surface area contributed by atoms with Gasteiger partial charge in [0.2, 0.25) is 5.91 Å². The van der Waals surface area contributed by atoms with Gasteiger partial charge in [-0.1, -0.05) is 61.7 Å². The van der Waals surface area contributed by atoms with Gasteiger partial charge in [-0.2, -0.15) is 0 Å². The van der Waals surface area contributed by atoms with Crippen LogP contribution in [0.3, 0.4) is 0 Å². The van der Waals surface area contributed by atoms with Gasteiger partial charge >= 0.3 is 0 Å². The number of amides is 2. The third-order valence-electron chi connectivity index (χ3n) is 10.2. The van der Waals surface area contributed by atoms with E-state index in [1.807, 2.05) is 43.9 Å². The molecule has 11 nitrogen and oxygen atoms in total. The number of aliphatic imine (C=N–C) groups is 1. The first kappa shape index (κ1) is 36.6. The van der Waals surface area contributed by atoms with Gasteiger partial charge in [0.25, 0.3) is 15.9 Å². The molecule has 1 aliphatic carbocycles. The number of hydrogen-bond donors (Lipinski definition) is 1. The number of sulfonamides is 1. The van der Waals surface area contributed by atoms with Crippen molar-refractivity contribution in [3.8, 4) is 16.9 Å². The second kappa shape index (κ2) is 14.4. The number of carbonyl (C=O) groups is 2. The van der Waals surface area contributed by atoms with Crippen molar-refractivity contribution in [3.63, 3.8) is 0 Å². The highest BCUT2D eigenvalue weighted by Gasteiger charge is 2.51. The molecular weight excluding hydrogens is 667 g/mol. The summed E-state index contributed by atoms with van der Waals surface area (Å²) in [5, 5.41) is 3.90. The van der Waals surface area contributed by atoms with Gasteiger partial charge in [-0.3, -0.25) is 24.2 Å². The SMILES string of the molecule is CCCCC1=N[C@@]2(CCCN(C(=O)C3CCCC3)C2)C(=O)N1Cc1ccc(-c2ccccc2S(=O)(=O)Nc2noc(C)c2C)c(OC(C)(C)C)c1. The maximum atomic E-state index is 14.4. The molecular formula is C39H51N5O6S. The Morgan fingerprint density at radius 1 is 1.08 bits per heavy atom. The van der Waals surface area contributed by atoms with Gasteiger partial charge in [0, 0.05) is 35.6 Å². The lowest BCUT2D eigenvalue weighted by Gasteiger charge is -2.38. The zero-order chi connectivity index (χ0) is 36.6. The van der Waals surface area contributed by atoms with Crippen LogP contribution in [0.2, 0.25) is 0 Å². The van der Waals surface area contributed by atoms with E-state index in [1.54, 1.807) is 43.0 Å². The summed E-state index contributed by atoms with van der Waals surface area (Å²) >= 11 is 0. The van der Waals surface area contributed by atoms with E-state index >= 15 is 0 Å². The molecule has 1 saturated carbocycles. The molecule has 2 amide bonds. The molecule has 274 valence electrons. The fourth-order valence-corrected chi connectivity index (χ4v) is 8.72. The molecule has 1 N–H and O–H groups in total. The monoisotopic (exact) mass is 717 g/mol. The first-order valence-corrected chi connectivity index (χ1v) is 19.8. The third kappa shape index (κ3) is 7.71. The lowest BCUT2D eigenvalue weighted by molar-refractivity contribution is -0.141. The number of aryl methyl sites for hydroxylation is 1. The Labute approximate surface area is 301 Å². The average Bonchev–Trinajstić information content (AvgIpc) is 3.80. The normalized spacial score (nSPS) is 20.0. The number of hydrogen-bond acceptors (Lipinski definition) is 8. The summed E-state index contributed by atoms with van der Waals surface area (Å²) in [6.07, 6.45) is 7.92. The first-order valence-electron chi connectivity index (χ1n) is 18.3. The standard InChI is InChI=1S/C39H51N5O6S/c1-7-8-18-34-40-39(21-13-22-43(25-39)36(45)29-14-9-10-15-29)37(46)44(34)24-28-19-20-30(32(23-28)49-38(4,5)6)31-16-11-12-17-33(31)51(47,48)42-35-26(2)27(3)50-41-35/h11-12,16-17,19-20,23,29H,7-10,13-15,18,21-22,24-25H2,1-6H3,(H,41,42)/t39-/m1/s1. The van der Waals surface area contributed by atoms with Crippen molar-refractivity contribution < 1.29 is 27.3 Å². The molecule has 2 aromatic carbocycles. The van der Waals surface area contributed by atoms with Crippen LogP contribution in [0.25, 0.3) is 11.1 Å². The van der Waals surface area contributed by atoms with Crippen LogP contribution in [-0.2, 0) is 26.2 Å². The lowest BCUT2D eigenvalue weighted by atomic mass is 9.88. The number of aromatic nitrogens is 1. The average molecular weight is 718 g/mol. The fourth-order valence-electron chi connectivity index (χ4n) is 7.44. The predicted molar refractivity (Wildman–Crippen MR) is 197 cm³/mol. The smallest absolute Gasteiger partial charge is 0.263 e. The van der Waals surface area contributed by atoms with E-state index in [0.29, 0.717) is 54.1 Å². The molecule has 3 aromatic rings. The minimum atomic E-state index is -4.07. The van der Waals surface area contributed by atoms with Crippen molar-refractivity contribution in [2.45, 2.75) is 122 Å². The number of ether oxygens (including phenoxy) is 1. The Balaban J connectivity index is 1.32. The van der Waals surface area contributed by atoms with E-state index in [1.165, 1.54) is 0 Å². The van der Waals surface area contributed by atoms with Gasteiger partial charge in [0.05, 0.1) is 18.0 Å². The highest BCUT2D eigenvalue weighted by atomic mass is 32.2. The molecule has 1 atom stereocenters. The molecule has 0 radical (unpaired) electrons. The van der Waals surface area contributed by atoms with Gasteiger partial charge in [-0.05, 0) is 84.4 Å². The molecule has 3 aliphatic rings. The molecule has 51 heavy (non-hydrogen) atoms. The molecule has 3 heterocycles. The maximum Gasteiger partial charge on any atom is 0.263 e. The summed E-state index contributed by atoms with van der Waals surface area (Å²) in [6, 6.07) is 12.4. The number of likely N-dealkylation sites (tertiary alicyclic amines) is 1. The lowest BCUT2D eigenvalue weighted by Crippen LogP contribution is -2.55. The van der Waals surface area contributed by atoms with E-state index in [-0.39, 0.29) is 35.0 Å². The number of carbonyl (C=O) groups excluding carboxylic acids is 2. The van der Waals surface area contributed by atoms with Crippen LogP contribution in [0.5, 0.6) is 5.75 Å². The Morgan fingerprint density at radius 2 is 1.82 bits per heavy atom. The molecule has 1 saturated heterocycles. The molecule has 1 spiro atoms. The van der Waals surface area contributed by atoms with E-state index in [0.717, 1.165) is 56.3 Å². The van der Waals surface area contributed by atoms with E-state index in [9.17, 15) is 18.0 Å². The highest BCUT2D eigenvalue weighted by Crippen LogP contribution is 2.40. The largest absolute Gasteiger partial charge is 0.487 e. The zero-order valence-corrected chi connectivity index (χ0v) is 31.6. The minimum Gasteiger partial charge on any atom is -0.487 e. The number of piperidine rings is 1. The summed E-state index contributed by atoms with van der Waals surface area (Å²) in [6.45, 7) is 12.7. The Hall–Kier alpha value is -4.19. The topological polar surface area (TPSA) is 134 Å². The summed E-state index contributed by atoms with van der Waals surface area (Å²) < 4.78 is 41.8. The number of anilines is 1. The maximum absolute atomic E-state index is 14.4. The van der Waals surface area contributed by atoms with E-state index in [2.05, 4.69) is 16.8 Å². The quantitative estimate of drug-likeness (QED) is 0.218. The number of rotatable bonds is 11. The summed E-state index contributed by atoms with van der Waals surface area (Å²) in [5.74, 6) is 2.10. The van der Waals surface area contributed by atoms with Crippen LogP contribution in [0.4, 0.5) is 5.82 Å². The van der Waals surface area contributed by atoms with Crippen molar-refractivity contribution in [2.75, 3.05) is 17.8 Å². The van der Waals surface area contributed by atoms with Crippen molar-refractivity contribution in [1.29, 1.82) is 0 Å². The van der Waals surface area contributed by atoms with Crippen LogP contribution in [-0.4, -0.2) is 65.3 Å². The minimum absolute atomic E-state index is 0.0548. The predicted octanol–water partition coefficient (Wildman–Crippen LogP) is 7.42. The number of nitrogens with zero attached hydrogens (tertiary/aromatic N) is 4. The van der Waals surface area contributed by atoms with Crippen LogP contribution in [0.1, 0.15) is 102 Å². The molecule has 2 fully saturated rings. The fraction of sp³-hybridized carbons (Fsp3) is 0.538. The second-order valence-corrected chi connectivity index (χ2v) is 16.9. The number of amidine groups is 1. The summed E-state index contributed by atoms with van der Waals surface area (Å²) in [7, 11) is -4.07. The second-order valence-electron chi connectivity index (χ2n) is 15.3. The van der Waals surface area contributed by atoms with Crippen molar-refractivity contribution in [2.24, 2.45) is 10.9 Å². The van der Waals surface area contributed by atoms with Gasteiger partial charge in [-0.25, -0.2) is 8.42 Å². The number of unbranched alkanes of at least 4 members (excludes halogenated alkanes) is 1. The Morgan fingerprint density at radius 3 is 2.51 bits per heavy atom. The van der Waals surface area contributed by atoms with Crippen LogP contribution < -0.4 is 9.46 Å². The van der Waals surface area contributed by atoms with Gasteiger partial charge < -0.3 is 14.2 Å². The third-order valence-corrected chi connectivity index (χ3v) is 11.6. The van der Waals surface area contributed by atoms with Crippen molar-refractivity contribution in [3.05, 3.63) is 59.4 Å². The van der Waals surface area contributed by atoms with Crippen molar-refractivity contribution in [1.82, 2.24) is 15.0 Å². The van der Waals surface area contributed by atoms with E-state index in [4.69, 9.17) is 14.3 Å². The summed E-state index contributed by atoms with van der Waals surface area (Å²) in [5.41, 5.74) is 0.937. The number of nitrogens with one attached hydrogen (secondary N) is 1. The van der Waals surface area contributed by atoms with Crippen LogP contribution in [0.15, 0.2) is 56.9 Å². The highest BCUT2D eigenvalue weighted by molar-refractivity contribution is 7.92. The number of benzene rings is 2. The van der Waals surface area contributed by atoms with Crippen molar-refractivity contribution >= 4 is 33.5 Å². The molecule has 1 aromatic heterocycles. The molecule has 0 bridgehead atoms.